The normalized spacial score (nSPS) is 18.3. The molecule has 0 unspecified atom stereocenters. The molecule has 0 radical (unpaired) electrons. The highest BCUT2D eigenvalue weighted by Crippen LogP contribution is 2.32. The number of benzene rings is 1. The SMILES string of the molecule is COc1ccc([C@H]2CCCN2CC(=O)Nc2nccs2)cc1. The molecule has 0 spiro atoms. The van der Waals surface area contributed by atoms with Gasteiger partial charge in [0.05, 0.1) is 13.7 Å². The van der Waals surface area contributed by atoms with Crippen LogP contribution in [0.3, 0.4) is 0 Å². The topological polar surface area (TPSA) is 54.5 Å². The summed E-state index contributed by atoms with van der Waals surface area (Å²) in [4.78, 5) is 18.4. The van der Waals surface area contributed by atoms with Crippen LogP contribution >= 0.6 is 11.3 Å². The number of nitrogens with zero attached hydrogens (tertiary/aromatic N) is 2. The van der Waals surface area contributed by atoms with Gasteiger partial charge in [-0.15, -0.1) is 11.3 Å². The standard InChI is InChI=1S/C16H19N3O2S/c1-21-13-6-4-12(5-7-13)14-3-2-9-19(14)11-15(20)18-16-17-8-10-22-16/h4-8,10,14H,2-3,9,11H2,1H3,(H,17,18,20)/t14-/m1/s1. The number of thiazole rings is 1. The molecule has 1 aliphatic rings. The lowest BCUT2D eigenvalue weighted by molar-refractivity contribution is -0.117. The van der Waals surface area contributed by atoms with Gasteiger partial charge in [-0.3, -0.25) is 9.69 Å². The van der Waals surface area contributed by atoms with Gasteiger partial charge in [0.1, 0.15) is 5.75 Å². The second-order valence-electron chi connectivity index (χ2n) is 5.29. The number of carbonyl (C=O) groups is 1. The average molecular weight is 317 g/mol. The van der Waals surface area contributed by atoms with Crippen LogP contribution in [0.4, 0.5) is 5.13 Å². The van der Waals surface area contributed by atoms with Crippen molar-refractivity contribution in [3.8, 4) is 5.75 Å². The van der Waals surface area contributed by atoms with Gasteiger partial charge in [-0.25, -0.2) is 4.98 Å². The molecule has 1 atom stereocenters. The molecule has 0 aliphatic carbocycles. The van der Waals surface area contributed by atoms with Gasteiger partial charge in [-0.2, -0.15) is 0 Å². The van der Waals surface area contributed by atoms with E-state index >= 15 is 0 Å². The van der Waals surface area contributed by atoms with Crippen LogP contribution in [0.25, 0.3) is 0 Å². The van der Waals surface area contributed by atoms with Crippen molar-refractivity contribution in [3.63, 3.8) is 0 Å². The van der Waals surface area contributed by atoms with Crippen molar-refractivity contribution in [1.29, 1.82) is 0 Å². The summed E-state index contributed by atoms with van der Waals surface area (Å²) in [5.41, 5.74) is 1.24. The Kier molecular flexibility index (Phi) is 4.70. The summed E-state index contributed by atoms with van der Waals surface area (Å²) in [6, 6.07) is 8.41. The number of likely N-dealkylation sites (tertiary alicyclic amines) is 1. The monoisotopic (exact) mass is 317 g/mol. The van der Waals surface area contributed by atoms with Crippen molar-refractivity contribution < 1.29 is 9.53 Å². The molecule has 6 heteroatoms. The number of methoxy groups -OCH3 is 1. The molecule has 5 nitrogen and oxygen atoms in total. The molecule has 1 amide bonds. The van der Waals surface area contributed by atoms with Crippen molar-refractivity contribution >= 4 is 22.4 Å². The molecule has 1 aliphatic heterocycles. The lowest BCUT2D eigenvalue weighted by Crippen LogP contribution is -2.32. The van der Waals surface area contributed by atoms with E-state index in [1.54, 1.807) is 13.3 Å². The van der Waals surface area contributed by atoms with Gasteiger partial charge < -0.3 is 10.1 Å². The minimum Gasteiger partial charge on any atom is -0.497 e. The van der Waals surface area contributed by atoms with E-state index in [2.05, 4.69) is 27.3 Å². The van der Waals surface area contributed by atoms with E-state index in [1.807, 2.05) is 17.5 Å². The van der Waals surface area contributed by atoms with Crippen LogP contribution in [-0.2, 0) is 4.79 Å². The maximum atomic E-state index is 12.1. The van der Waals surface area contributed by atoms with Crippen molar-refractivity contribution in [2.75, 3.05) is 25.5 Å². The number of hydrogen-bond donors (Lipinski definition) is 1. The minimum atomic E-state index is -0.00429. The minimum absolute atomic E-state index is 0.00429. The summed E-state index contributed by atoms with van der Waals surface area (Å²) < 4.78 is 5.20. The molecule has 1 N–H and O–H groups in total. The predicted molar refractivity (Wildman–Crippen MR) is 87.3 cm³/mol. The largest absolute Gasteiger partial charge is 0.497 e. The summed E-state index contributed by atoms with van der Waals surface area (Å²) in [7, 11) is 1.67. The molecule has 1 saturated heterocycles. The third-order valence-corrected chi connectivity index (χ3v) is 4.58. The number of carbonyl (C=O) groups excluding carboxylic acids is 1. The van der Waals surface area contributed by atoms with E-state index < -0.39 is 0 Å². The first kappa shape index (κ1) is 15.0. The third-order valence-electron chi connectivity index (χ3n) is 3.89. The zero-order chi connectivity index (χ0) is 15.4. The van der Waals surface area contributed by atoms with Gasteiger partial charge in [0, 0.05) is 17.6 Å². The summed E-state index contributed by atoms with van der Waals surface area (Å²) in [5.74, 6) is 0.852. The highest BCUT2D eigenvalue weighted by atomic mass is 32.1. The Bertz CT molecular complexity index is 613. The first-order chi connectivity index (χ1) is 10.8. The highest BCUT2D eigenvalue weighted by Gasteiger charge is 2.27. The third kappa shape index (κ3) is 3.45. The zero-order valence-corrected chi connectivity index (χ0v) is 13.3. The molecule has 1 aromatic heterocycles. The Hall–Kier alpha value is -1.92. The summed E-state index contributed by atoms with van der Waals surface area (Å²) in [5, 5.41) is 5.36. The van der Waals surface area contributed by atoms with E-state index in [0.717, 1.165) is 25.1 Å². The summed E-state index contributed by atoms with van der Waals surface area (Å²) in [6.45, 7) is 1.35. The molecule has 1 aromatic carbocycles. The lowest BCUT2D eigenvalue weighted by Gasteiger charge is -2.24. The maximum Gasteiger partial charge on any atom is 0.240 e. The van der Waals surface area contributed by atoms with Crippen LogP contribution in [-0.4, -0.2) is 36.0 Å². The average Bonchev–Trinajstić information content (AvgIpc) is 3.19. The number of amides is 1. The van der Waals surface area contributed by atoms with Gasteiger partial charge >= 0.3 is 0 Å². The molecule has 2 aromatic rings. The highest BCUT2D eigenvalue weighted by molar-refractivity contribution is 7.13. The first-order valence-corrected chi connectivity index (χ1v) is 8.21. The number of anilines is 1. The van der Waals surface area contributed by atoms with Gasteiger partial charge in [0.25, 0.3) is 0 Å². The van der Waals surface area contributed by atoms with E-state index in [1.165, 1.54) is 16.9 Å². The quantitative estimate of drug-likeness (QED) is 0.921. The van der Waals surface area contributed by atoms with Crippen LogP contribution in [0.5, 0.6) is 5.75 Å². The first-order valence-electron chi connectivity index (χ1n) is 7.33. The number of aromatic nitrogens is 1. The van der Waals surface area contributed by atoms with E-state index in [0.29, 0.717) is 17.7 Å². The maximum absolute atomic E-state index is 12.1. The van der Waals surface area contributed by atoms with Gasteiger partial charge in [0.15, 0.2) is 5.13 Å². The van der Waals surface area contributed by atoms with Crippen LogP contribution in [0.15, 0.2) is 35.8 Å². The predicted octanol–water partition coefficient (Wildman–Crippen LogP) is 2.93. The Labute approximate surface area is 133 Å². The van der Waals surface area contributed by atoms with Crippen molar-refractivity contribution in [2.45, 2.75) is 18.9 Å². The number of rotatable bonds is 5. The molecular formula is C16H19N3O2S. The van der Waals surface area contributed by atoms with Gasteiger partial charge in [-0.1, -0.05) is 12.1 Å². The van der Waals surface area contributed by atoms with Gasteiger partial charge in [0.2, 0.25) is 5.91 Å². The fourth-order valence-electron chi connectivity index (χ4n) is 2.85. The molecule has 116 valence electrons. The molecule has 3 rings (SSSR count). The van der Waals surface area contributed by atoms with Crippen LogP contribution in [0, 0.1) is 0 Å². The summed E-state index contributed by atoms with van der Waals surface area (Å²) in [6.07, 6.45) is 3.88. The van der Waals surface area contributed by atoms with Gasteiger partial charge in [-0.05, 0) is 37.1 Å². The Morgan fingerprint density at radius 3 is 2.95 bits per heavy atom. The Morgan fingerprint density at radius 2 is 2.27 bits per heavy atom. The van der Waals surface area contributed by atoms with Crippen molar-refractivity contribution in [2.24, 2.45) is 0 Å². The fraction of sp³-hybridized carbons (Fsp3) is 0.375. The Morgan fingerprint density at radius 1 is 1.45 bits per heavy atom. The smallest absolute Gasteiger partial charge is 0.240 e. The zero-order valence-electron chi connectivity index (χ0n) is 12.5. The number of ether oxygens (including phenoxy) is 1. The van der Waals surface area contributed by atoms with E-state index in [-0.39, 0.29) is 5.91 Å². The molecule has 1 fully saturated rings. The molecule has 2 heterocycles. The van der Waals surface area contributed by atoms with Crippen molar-refractivity contribution in [1.82, 2.24) is 9.88 Å². The van der Waals surface area contributed by atoms with E-state index in [4.69, 9.17) is 4.74 Å². The lowest BCUT2D eigenvalue weighted by atomic mass is 10.0. The fourth-order valence-corrected chi connectivity index (χ4v) is 3.39. The Balaban J connectivity index is 1.63. The van der Waals surface area contributed by atoms with E-state index in [9.17, 15) is 4.79 Å². The second kappa shape index (κ2) is 6.89. The molecule has 0 saturated carbocycles. The van der Waals surface area contributed by atoms with Crippen molar-refractivity contribution in [3.05, 3.63) is 41.4 Å². The van der Waals surface area contributed by atoms with Crippen LogP contribution in [0.1, 0.15) is 24.4 Å². The van der Waals surface area contributed by atoms with Crippen LogP contribution < -0.4 is 10.1 Å². The second-order valence-corrected chi connectivity index (χ2v) is 6.18. The number of hydrogen-bond acceptors (Lipinski definition) is 5. The number of nitrogens with one attached hydrogen (secondary N) is 1. The molecule has 0 bridgehead atoms. The summed E-state index contributed by atoms with van der Waals surface area (Å²) >= 11 is 1.43. The molecular weight excluding hydrogens is 298 g/mol. The van der Waals surface area contributed by atoms with Crippen LogP contribution in [0.2, 0.25) is 0 Å². The molecule has 22 heavy (non-hydrogen) atoms.